The summed E-state index contributed by atoms with van der Waals surface area (Å²) in [5.41, 5.74) is 1.16. The molecule has 1 unspecified atom stereocenters. The first-order valence-corrected chi connectivity index (χ1v) is 6.22. The number of rotatable bonds is 5. The van der Waals surface area contributed by atoms with Crippen LogP contribution in [0.25, 0.3) is 0 Å². The molecule has 0 N–H and O–H groups in total. The molecule has 0 heterocycles. The molecule has 1 aromatic carbocycles. The molecule has 0 nitrogen and oxygen atoms in total. The fourth-order valence-electron chi connectivity index (χ4n) is 1.06. The molecule has 1 atom stereocenters. The Balaban J connectivity index is 2.34. The second-order valence-electron chi connectivity index (χ2n) is 3.23. The van der Waals surface area contributed by atoms with Crippen LogP contribution in [-0.2, 0) is 5.75 Å². The first kappa shape index (κ1) is 11.9. The lowest BCUT2D eigenvalue weighted by molar-refractivity contribution is 0.627. The van der Waals surface area contributed by atoms with Gasteiger partial charge in [-0.1, -0.05) is 19.1 Å². The van der Waals surface area contributed by atoms with Crippen LogP contribution in [0.4, 0.5) is 4.39 Å². The number of thioether (sulfide) groups is 1. The van der Waals surface area contributed by atoms with E-state index in [0.29, 0.717) is 11.1 Å². The second-order valence-corrected chi connectivity index (χ2v) is 5.03. The normalized spacial score (nSPS) is 12.8. The van der Waals surface area contributed by atoms with E-state index in [0.717, 1.165) is 17.7 Å². The van der Waals surface area contributed by atoms with Crippen molar-refractivity contribution in [3.63, 3.8) is 0 Å². The highest BCUT2D eigenvalue weighted by molar-refractivity contribution is 7.99. The Hall–Kier alpha value is -0.210. The lowest BCUT2D eigenvalue weighted by atomic mass is 10.2. The van der Waals surface area contributed by atoms with Crippen LogP contribution < -0.4 is 0 Å². The number of benzene rings is 1. The fraction of sp³-hybridized carbons (Fsp3) is 0.455. The Morgan fingerprint density at radius 1 is 1.36 bits per heavy atom. The van der Waals surface area contributed by atoms with Gasteiger partial charge < -0.3 is 0 Å². The molecular weight excluding hydrogens is 219 g/mol. The molecule has 0 aliphatic heterocycles. The van der Waals surface area contributed by atoms with Crippen LogP contribution in [0, 0.1) is 5.82 Å². The number of hydrogen-bond acceptors (Lipinski definition) is 1. The van der Waals surface area contributed by atoms with Crippen molar-refractivity contribution in [2.75, 3.05) is 5.88 Å². The van der Waals surface area contributed by atoms with E-state index >= 15 is 0 Å². The van der Waals surface area contributed by atoms with Gasteiger partial charge in [0.25, 0.3) is 0 Å². The third kappa shape index (κ3) is 4.34. The van der Waals surface area contributed by atoms with Crippen LogP contribution in [0.5, 0.6) is 0 Å². The summed E-state index contributed by atoms with van der Waals surface area (Å²) in [6.45, 7) is 2.16. The van der Waals surface area contributed by atoms with Crippen molar-refractivity contribution in [3.8, 4) is 0 Å². The minimum Gasteiger partial charge on any atom is -0.207 e. The Bertz CT molecular complexity index is 260. The van der Waals surface area contributed by atoms with Gasteiger partial charge in [-0.25, -0.2) is 4.39 Å². The van der Waals surface area contributed by atoms with E-state index in [1.54, 1.807) is 0 Å². The summed E-state index contributed by atoms with van der Waals surface area (Å²) in [5, 5.41) is 0.567. The molecule has 3 heteroatoms. The molecule has 78 valence electrons. The third-order valence-electron chi connectivity index (χ3n) is 1.96. The molecule has 14 heavy (non-hydrogen) atoms. The van der Waals surface area contributed by atoms with Crippen molar-refractivity contribution in [1.82, 2.24) is 0 Å². The maximum Gasteiger partial charge on any atom is 0.123 e. The van der Waals surface area contributed by atoms with Gasteiger partial charge in [-0.15, -0.1) is 11.6 Å². The van der Waals surface area contributed by atoms with Gasteiger partial charge in [0.2, 0.25) is 0 Å². The molecule has 0 saturated heterocycles. The summed E-state index contributed by atoms with van der Waals surface area (Å²) in [5.74, 6) is 1.46. The summed E-state index contributed by atoms with van der Waals surface area (Å²) in [7, 11) is 0. The molecule has 0 spiro atoms. The van der Waals surface area contributed by atoms with Gasteiger partial charge in [0.15, 0.2) is 0 Å². The molecule has 0 saturated carbocycles. The van der Waals surface area contributed by atoms with Gasteiger partial charge in [0.05, 0.1) is 0 Å². The Morgan fingerprint density at radius 2 is 2.00 bits per heavy atom. The van der Waals surface area contributed by atoms with Crippen molar-refractivity contribution in [3.05, 3.63) is 35.6 Å². The van der Waals surface area contributed by atoms with Crippen LogP contribution in [-0.4, -0.2) is 11.1 Å². The van der Waals surface area contributed by atoms with Crippen molar-refractivity contribution >= 4 is 23.4 Å². The Kier molecular flexibility index (Phi) is 5.34. The minimum atomic E-state index is -0.174. The van der Waals surface area contributed by atoms with E-state index in [9.17, 15) is 4.39 Å². The topological polar surface area (TPSA) is 0 Å². The monoisotopic (exact) mass is 232 g/mol. The smallest absolute Gasteiger partial charge is 0.123 e. The molecule has 0 aliphatic carbocycles. The van der Waals surface area contributed by atoms with Crippen molar-refractivity contribution < 1.29 is 4.39 Å². The second kappa shape index (κ2) is 6.31. The zero-order valence-electron chi connectivity index (χ0n) is 8.17. The molecule has 0 fully saturated rings. The van der Waals surface area contributed by atoms with E-state index in [1.165, 1.54) is 12.1 Å². The molecule has 1 aromatic rings. The van der Waals surface area contributed by atoms with Gasteiger partial charge in [0, 0.05) is 16.9 Å². The average molecular weight is 233 g/mol. The van der Waals surface area contributed by atoms with E-state index in [4.69, 9.17) is 11.6 Å². The van der Waals surface area contributed by atoms with E-state index in [-0.39, 0.29) is 5.82 Å². The summed E-state index contributed by atoms with van der Waals surface area (Å²) in [6, 6.07) is 6.66. The van der Waals surface area contributed by atoms with Crippen LogP contribution >= 0.6 is 23.4 Å². The zero-order valence-corrected chi connectivity index (χ0v) is 9.74. The lowest BCUT2D eigenvalue weighted by Gasteiger charge is -2.08. The number of hydrogen-bond donors (Lipinski definition) is 0. The largest absolute Gasteiger partial charge is 0.207 e. The summed E-state index contributed by atoms with van der Waals surface area (Å²) in [6.07, 6.45) is 1.02. The maximum absolute atomic E-state index is 12.6. The molecule has 0 aliphatic rings. The molecule has 0 radical (unpaired) electrons. The van der Waals surface area contributed by atoms with Crippen LogP contribution in [0.15, 0.2) is 24.3 Å². The highest BCUT2D eigenvalue weighted by Crippen LogP contribution is 2.20. The maximum atomic E-state index is 12.6. The Morgan fingerprint density at radius 3 is 2.57 bits per heavy atom. The minimum absolute atomic E-state index is 0.174. The molecule has 0 bridgehead atoms. The van der Waals surface area contributed by atoms with Crippen molar-refractivity contribution in [1.29, 1.82) is 0 Å². The van der Waals surface area contributed by atoms with E-state index in [1.807, 2.05) is 23.9 Å². The van der Waals surface area contributed by atoms with Gasteiger partial charge >= 0.3 is 0 Å². The van der Waals surface area contributed by atoms with Crippen LogP contribution in [0.2, 0.25) is 0 Å². The number of alkyl halides is 1. The lowest BCUT2D eigenvalue weighted by Crippen LogP contribution is -1.97. The quantitative estimate of drug-likeness (QED) is 0.690. The number of halogens is 2. The average Bonchev–Trinajstić information content (AvgIpc) is 2.17. The molecular formula is C11H14ClFS. The highest BCUT2D eigenvalue weighted by atomic mass is 35.5. The fourth-order valence-corrected chi connectivity index (χ4v) is 2.47. The first-order valence-electron chi connectivity index (χ1n) is 4.64. The molecule has 1 rings (SSSR count). The zero-order chi connectivity index (χ0) is 10.4. The standard InChI is InChI=1S/C11H14ClFS/c1-9(6-7-12)14-8-10-2-4-11(13)5-3-10/h2-5,9H,6-8H2,1H3. The first-order chi connectivity index (χ1) is 6.72. The van der Waals surface area contributed by atoms with E-state index < -0.39 is 0 Å². The molecule has 0 amide bonds. The predicted molar refractivity (Wildman–Crippen MR) is 62.5 cm³/mol. The van der Waals surface area contributed by atoms with Gasteiger partial charge in [-0.3, -0.25) is 0 Å². The Labute approximate surface area is 93.8 Å². The van der Waals surface area contributed by atoms with Gasteiger partial charge in [0.1, 0.15) is 5.82 Å². The van der Waals surface area contributed by atoms with Gasteiger partial charge in [-0.2, -0.15) is 11.8 Å². The third-order valence-corrected chi connectivity index (χ3v) is 3.49. The summed E-state index contributed by atoms with van der Waals surface area (Å²) >= 11 is 7.49. The van der Waals surface area contributed by atoms with Gasteiger partial charge in [-0.05, 0) is 24.1 Å². The van der Waals surface area contributed by atoms with Crippen LogP contribution in [0.3, 0.4) is 0 Å². The van der Waals surface area contributed by atoms with Crippen LogP contribution in [0.1, 0.15) is 18.9 Å². The van der Waals surface area contributed by atoms with Crippen molar-refractivity contribution in [2.24, 2.45) is 0 Å². The van der Waals surface area contributed by atoms with Crippen molar-refractivity contribution in [2.45, 2.75) is 24.3 Å². The predicted octanol–water partition coefficient (Wildman–Crippen LogP) is 4.08. The van der Waals surface area contributed by atoms with E-state index in [2.05, 4.69) is 6.92 Å². The molecule has 0 aromatic heterocycles. The SMILES string of the molecule is CC(CCCl)SCc1ccc(F)cc1. The highest BCUT2D eigenvalue weighted by Gasteiger charge is 2.02. The summed E-state index contributed by atoms with van der Waals surface area (Å²) < 4.78 is 12.6. The summed E-state index contributed by atoms with van der Waals surface area (Å²) in [4.78, 5) is 0.